The lowest BCUT2D eigenvalue weighted by atomic mass is 10.0. The molecule has 1 fully saturated rings. The maximum Gasteiger partial charge on any atom is 0.224 e. The van der Waals surface area contributed by atoms with E-state index < -0.39 is 0 Å². The first kappa shape index (κ1) is 16.1. The van der Waals surface area contributed by atoms with Gasteiger partial charge in [0, 0.05) is 10.9 Å². The van der Waals surface area contributed by atoms with Gasteiger partial charge < -0.3 is 5.32 Å². The summed E-state index contributed by atoms with van der Waals surface area (Å²) in [5, 5.41) is 4.00. The van der Waals surface area contributed by atoms with Crippen molar-refractivity contribution in [2.24, 2.45) is 5.92 Å². The Morgan fingerprint density at radius 2 is 1.87 bits per heavy atom. The fourth-order valence-electron chi connectivity index (χ4n) is 3.18. The van der Waals surface area contributed by atoms with Gasteiger partial charge >= 0.3 is 0 Å². The molecule has 1 aliphatic carbocycles. The molecule has 0 saturated heterocycles. The Labute approximate surface area is 142 Å². The first-order valence-electron chi connectivity index (χ1n) is 8.30. The van der Waals surface area contributed by atoms with Crippen molar-refractivity contribution >= 4 is 17.5 Å². The first-order chi connectivity index (χ1) is 11.2. The number of carbonyl (C=O) groups excluding carboxylic acids is 1. The van der Waals surface area contributed by atoms with Gasteiger partial charge in [0.05, 0.1) is 6.04 Å². The van der Waals surface area contributed by atoms with Gasteiger partial charge in [-0.25, -0.2) is 0 Å². The monoisotopic (exact) mass is 327 g/mol. The van der Waals surface area contributed by atoms with E-state index in [1.54, 1.807) is 0 Å². The van der Waals surface area contributed by atoms with E-state index in [1.807, 2.05) is 42.5 Å². The molecule has 2 nitrogen and oxygen atoms in total. The Kier molecular flexibility index (Phi) is 5.02. The van der Waals surface area contributed by atoms with Gasteiger partial charge in [0.1, 0.15) is 0 Å². The molecule has 0 aromatic heterocycles. The quantitative estimate of drug-likeness (QED) is 0.785. The summed E-state index contributed by atoms with van der Waals surface area (Å²) in [5.74, 6) is 0.469. The second-order valence-electron chi connectivity index (χ2n) is 6.23. The van der Waals surface area contributed by atoms with Gasteiger partial charge in [-0.15, -0.1) is 0 Å². The predicted octanol–water partition coefficient (Wildman–Crippen LogP) is 5.10. The summed E-state index contributed by atoms with van der Waals surface area (Å²) in [5.41, 5.74) is 2.28. The van der Waals surface area contributed by atoms with Crippen LogP contribution >= 0.6 is 11.6 Å². The van der Waals surface area contributed by atoms with Crippen LogP contribution in [-0.4, -0.2) is 5.91 Å². The van der Waals surface area contributed by atoms with Crippen molar-refractivity contribution in [1.82, 2.24) is 5.32 Å². The van der Waals surface area contributed by atoms with E-state index in [-0.39, 0.29) is 23.8 Å². The zero-order valence-electron chi connectivity index (χ0n) is 13.3. The van der Waals surface area contributed by atoms with Gasteiger partial charge in [-0.3, -0.25) is 4.79 Å². The maximum atomic E-state index is 12.6. The Hall–Kier alpha value is -1.80. The van der Waals surface area contributed by atoms with Crippen LogP contribution in [-0.2, 0) is 4.79 Å². The molecule has 0 aliphatic heterocycles. The molecule has 0 heterocycles. The summed E-state index contributed by atoms with van der Waals surface area (Å²) in [4.78, 5) is 12.6. The molecule has 120 valence electrons. The van der Waals surface area contributed by atoms with Crippen molar-refractivity contribution in [2.75, 3.05) is 0 Å². The summed E-state index contributed by atoms with van der Waals surface area (Å²) < 4.78 is 0. The van der Waals surface area contributed by atoms with E-state index in [0.29, 0.717) is 0 Å². The van der Waals surface area contributed by atoms with Crippen molar-refractivity contribution in [3.63, 3.8) is 0 Å². The number of rotatable bonds is 6. The lowest BCUT2D eigenvalue weighted by molar-refractivity contribution is -0.123. The number of amides is 1. The van der Waals surface area contributed by atoms with Gasteiger partial charge in [0.15, 0.2) is 0 Å². The van der Waals surface area contributed by atoms with Crippen LogP contribution in [0.15, 0.2) is 54.6 Å². The first-order valence-corrected chi connectivity index (χ1v) is 8.68. The Balaban J connectivity index is 1.66. The molecule has 1 saturated carbocycles. The molecule has 3 unspecified atom stereocenters. The van der Waals surface area contributed by atoms with E-state index >= 15 is 0 Å². The second kappa shape index (κ2) is 7.18. The number of hydrogen-bond donors (Lipinski definition) is 1. The highest BCUT2D eigenvalue weighted by molar-refractivity contribution is 6.31. The fourth-order valence-corrected chi connectivity index (χ4v) is 3.46. The third-order valence-corrected chi connectivity index (χ3v) is 4.87. The fraction of sp³-hybridized carbons (Fsp3) is 0.350. The molecule has 23 heavy (non-hydrogen) atoms. The molecule has 0 radical (unpaired) electrons. The van der Waals surface area contributed by atoms with Crippen LogP contribution in [0.3, 0.4) is 0 Å². The van der Waals surface area contributed by atoms with Crippen LogP contribution in [0.2, 0.25) is 5.02 Å². The highest BCUT2D eigenvalue weighted by Gasteiger charge is 2.45. The topological polar surface area (TPSA) is 29.1 Å². The molecule has 1 amide bonds. The molecular weight excluding hydrogens is 306 g/mol. The van der Waals surface area contributed by atoms with E-state index in [0.717, 1.165) is 29.8 Å². The summed E-state index contributed by atoms with van der Waals surface area (Å²) in [6, 6.07) is 18.1. The second-order valence-corrected chi connectivity index (χ2v) is 6.64. The van der Waals surface area contributed by atoms with Crippen molar-refractivity contribution in [2.45, 2.75) is 38.1 Å². The predicted molar refractivity (Wildman–Crippen MR) is 94.5 cm³/mol. The zero-order valence-corrected chi connectivity index (χ0v) is 14.1. The smallest absolute Gasteiger partial charge is 0.224 e. The third kappa shape index (κ3) is 3.76. The summed E-state index contributed by atoms with van der Waals surface area (Å²) in [6.45, 7) is 2.14. The van der Waals surface area contributed by atoms with Crippen LogP contribution < -0.4 is 5.32 Å². The third-order valence-electron chi connectivity index (χ3n) is 4.53. The molecule has 2 aromatic carbocycles. The minimum absolute atomic E-state index is 0.0537. The van der Waals surface area contributed by atoms with Crippen LogP contribution in [0, 0.1) is 5.92 Å². The average Bonchev–Trinajstić information content (AvgIpc) is 3.36. The molecule has 3 atom stereocenters. The van der Waals surface area contributed by atoms with Crippen LogP contribution in [0.4, 0.5) is 0 Å². The maximum absolute atomic E-state index is 12.6. The minimum atomic E-state index is 0.0537. The van der Waals surface area contributed by atoms with E-state index in [2.05, 4.69) is 24.4 Å². The number of hydrogen-bond acceptors (Lipinski definition) is 1. The van der Waals surface area contributed by atoms with Gasteiger partial charge in [0.2, 0.25) is 5.91 Å². The molecular formula is C20H22ClNO. The molecule has 1 aliphatic rings. The minimum Gasteiger partial charge on any atom is -0.349 e. The Bertz CT molecular complexity index is 670. The van der Waals surface area contributed by atoms with E-state index in [1.165, 1.54) is 5.56 Å². The average molecular weight is 328 g/mol. The van der Waals surface area contributed by atoms with Gasteiger partial charge in [-0.2, -0.15) is 0 Å². The highest BCUT2D eigenvalue weighted by Crippen LogP contribution is 2.49. The van der Waals surface area contributed by atoms with Crippen LogP contribution in [0.25, 0.3) is 0 Å². The normalized spacial score (nSPS) is 20.8. The van der Waals surface area contributed by atoms with Crippen molar-refractivity contribution in [3.05, 3.63) is 70.7 Å². The molecule has 2 aromatic rings. The van der Waals surface area contributed by atoms with Gasteiger partial charge in [-0.1, -0.05) is 73.5 Å². The number of benzene rings is 2. The number of nitrogens with one attached hydrogen (secondary N) is 1. The van der Waals surface area contributed by atoms with Crippen molar-refractivity contribution < 1.29 is 4.79 Å². The van der Waals surface area contributed by atoms with Crippen molar-refractivity contribution in [3.8, 4) is 0 Å². The Morgan fingerprint density at radius 1 is 1.17 bits per heavy atom. The number of halogens is 1. The summed E-state index contributed by atoms with van der Waals surface area (Å²) >= 11 is 6.25. The van der Waals surface area contributed by atoms with Gasteiger partial charge in [-0.05, 0) is 36.0 Å². The Morgan fingerprint density at radius 3 is 2.57 bits per heavy atom. The lowest BCUT2D eigenvalue weighted by Gasteiger charge is -2.19. The van der Waals surface area contributed by atoms with E-state index in [9.17, 15) is 4.79 Å². The molecule has 3 rings (SSSR count). The molecule has 1 N–H and O–H groups in total. The summed E-state index contributed by atoms with van der Waals surface area (Å²) in [6.07, 6.45) is 2.89. The molecule has 3 heteroatoms. The van der Waals surface area contributed by atoms with Gasteiger partial charge in [0.25, 0.3) is 0 Å². The van der Waals surface area contributed by atoms with Crippen LogP contribution in [0.1, 0.15) is 49.3 Å². The largest absolute Gasteiger partial charge is 0.349 e. The SMILES string of the molecule is CCCC(NC(=O)C1CC1c1ccccc1Cl)c1ccccc1. The zero-order chi connectivity index (χ0) is 16.2. The van der Waals surface area contributed by atoms with E-state index in [4.69, 9.17) is 11.6 Å². The number of carbonyl (C=O) groups is 1. The molecule has 0 spiro atoms. The highest BCUT2D eigenvalue weighted by atomic mass is 35.5. The van der Waals surface area contributed by atoms with Crippen molar-refractivity contribution in [1.29, 1.82) is 0 Å². The lowest BCUT2D eigenvalue weighted by Crippen LogP contribution is -2.30. The standard InChI is InChI=1S/C20H22ClNO/c1-2-8-19(14-9-4-3-5-10-14)22-20(23)17-13-16(17)15-11-6-7-12-18(15)21/h3-7,9-12,16-17,19H,2,8,13H2,1H3,(H,22,23). The summed E-state index contributed by atoms with van der Waals surface area (Å²) in [7, 11) is 0. The van der Waals surface area contributed by atoms with Crippen LogP contribution in [0.5, 0.6) is 0 Å². The molecule has 0 bridgehead atoms.